The van der Waals surface area contributed by atoms with Crippen LogP contribution in [0.15, 0.2) is 51.4 Å². The van der Waals surface area contributed by atoms with Crippen molar-refractivity contribution < 1.29 is 13.2 Å². The zero-order valence-electron chi connectivity index (χ0n) is 16.6. The number of guanidine groups is 1. The Labute approximate surface area is 177 Å². The maximum atomic E-state index is 14.1. The second-order valence-electron chi connectivity index (χ2n) is 6.96. The number of halogens is 2. The van der Waals surface area contributed by atoms with Gasteiger partial charge in [0.25, 0.3) is 0 Å². The molecule has 0 aliphatic carbocycles. The van der Waals surface area contributed by atoms with E-state index in [0.29, 0.717) is 38.0 Å². The number of nitrogens with one attached hydrogen (secondary N) is 2. The summed E-state index contributed by atoms with van der Waals surface area (Å²) in [6.07, 6.45) is 2.37. The summed E-state index contributed by atoms with van der Waals surface area (Å²) in [6.45, 7) is 4.11. The largest absolute Gasteiger partial charge is 0.443 e. The van der Waals surface area contributed by atoms with Crippen LogP contribution in [0.2, 0.25) is 0 Å². The fraction of sp³-hybridized carbons (Fsp3) is 0.333. The van der Waals surface area contributed by atoms with Crippen LogP contribution in [0.1, 0.15) is 19.0 Å². The van der Waals surface area contributed by atoms with Crippen LogP contribution in [-0.2, 0) is 6.54 Å². The van der Waals surface area contributed by atoms with Crippen LogP contribution in [0, 0.1) is 11.6 Å². The van der Waals surface area contributed by atoms with Crippen molar-refractivity contribution in [3.8, 4) is 10.8 Å². The molecule has 1 atom stereocenters. The summed E-state index contributed by atoms with van der Waals surface area (Å²) >= 11 is 1.57. The molecule has 1 aliphatic rings. The summed E-state index contributed by atoms with van der Waals surface area (Å²) in [5.41, 5.74) is 0.768. The van der Waals surface area contributed by atoms with E-state index in [4.69, 9.17) is 4.42 Å². The summed E-state index contributed by atoms with van der Waals surface area (Å²) in [7, 11) is 0. The van der Waals surface area contributed by atoms with Crippen LogP contribution in [0.4, 0.5) is 14.5 Å². The number of hydrogen-bond donors (Lipinski definition) is 2. The first-order chi connectivity index (χ1) is 14.6. The number of anilines is 1. The molecule has 1 aliphatic heterocycles. The van der Waals surface area contributed by atoms with Crippen LogP contribution in [0.3, 0.4) is 0 Å². The molecule has 6 nitrogen and oxygen atoms in total. The molecule has 0 spiro atoms. The van der Waals surface area contributed by atoms with Crippen molar-refractivity contribution in [2.45, 2.75) is 25.9 Å². The van der Waals surface area contributed by atoms with E-state index in [0.717, 1.165) is 17.0 Å². The van der Waals surface area contributed by atoms with Crippen LogP contribution in [0.5, 0.6) is 0 Å². The molecule has 0 radical (unpaired) electrons. The highest BCUT2D eigenvalue weighted by Gasteiger charge is 2.27. The quantitative estimate of drug-likeness (QED) is 0.456. The second kappa shape index (κ2) is 9.25. The molecule has 158 valence electrons. The molecule has 1 unspecified atom stereocenters. The zero-order chi connectivity index (χ0) is 20.9. The lowest BCUT2D eigenvalue weighted by Crippen LogP contribution is -2.44. The van der Waals surface area contributed by atoms with E-state index in [-0.39, 0.29) is 11.7 Å². The van der Waals surface area contributed by atoms with Crippen molar-refractivity contribution >= 4 is 23.0 Å². The summed E-state index contributed by atoms with van der Waals surface area (Å²) in [5, 5.41) is 8.54. The van der Waals surface area contributed by atoms with Gasteiger partial charge < -0.3 is 20.0 Å². The van der Waals surface area contributed by atoms with Crippen LogP contribution in [0.25, 0.3) is 10.8 Å². The Morgan fingerprint density at radius 3 is 2.87 bits per heavy atom. The van der Waals surface area contributed by atoms with Gasteiger partial charge in [-0.05, 0) is 36.9 Å². The fourth-order valence-corrected chi connectivity index (χ4v) is 4.09. The van der Waals surface area contributed by atoms with Crippen molar-refractivity contribution in [2.24, 2.45) is 4.99 Å². The maximum absolute atomic E-state index is 14.1. The lowest BCUT2D eigenvalue weighted by atomic mass is 10.2. The van der Waals surface area contributed by atoms with Crippen LogP contribution >= 0.6 is 11.3 Å². The molecular weight excluding hydrogens is 408 g/mol. The van der Waals surface area contributed by atoms with E-state index in [1.807, 2.05) is 24.4 Å². The number of para-hydroxylation sites is 1. The Kier molecular flexibility index (Phi) is 6.27. The van der Waals surface area contributed by atoms with Crippen molar-refractivity contribution in [1.82, 2.24) is 15.6 Å². The lowest BCUT2D eigenvalue weighted by Gasteiger charge is -2.21. The highest BCUT2D eigenvalue weighted by Crippen LogP contribution is 2.27. The molecule has 3 aromatic rings. The van der Waals surface area contributed by atoms with Crippen LogP contribution in [-0.4, -0.2) is 36.6 Å². The molecule has 3 heterocycles. The molecule has 2 aromatic heterocycles. The highest BCUT2D eigenvalue weighted by atomic mass is 32.1. The molecule has 1 aromatic carbocycles. The highest BCUT2D eigenvalue weighted by molar-refractivity contribution is 7.13. The van der Waals surface area contributed by atoms with Crippen molar-refractivity contribution in [3.05, 3.63) is 59.3 Å². The SMILES string of the molecule is CCNC(=NCc1coc(-c2cccs2)n1)NC1CCN(c2c(F)cccc2F)C1. The van der Waals surface area contributed by atoms with Crippen molar-refractivity contribution in [1.29, 1.82) is 0 Å². The lowest BCUT2D eigenvalue weighted by molar-refractivity contribution is 0.574. The Bertz CT molecular complexity index is 985. The number of oxazole rings is 1. The summed E-state index contributed by atoms with van der Waals surface area (Å²) in [6, 6.07) is 7.89. The molecule has 2 N–H and O–H groups in total. The molecule has 4 rings (SSSR count). The third-order valence-electron chi connectivity index (χ3n) is 4.81. The Balaban J connectivity index is 1.39. The molecule has 0 amide bonds. The zero-order valence-corrected chi connectivity index (χ0v) is 17.4. The minimum Gasteiger partial charge on any atom is -0.443 e. The standard InChI is InChI=1S/C21H23F2N5OS/c1-2-24-21(25-11-15-13-29-20(26-15)18-7-4-10-30-18)27-14-8-9-28(12-14)19-16(22)5-3-6-17(19)23/h3-7,10,13-14H,2,8-9,11-12H2,1H3,(H2,24,25,27). The van der Waals surface area contributed by atoms with Gasteiger partial charge in [0.2, 0.25) is 5.89 Å². The Hall–Kier alpha value is -2.94. The molecule has 1 saturated heterocycles. The van der Waals surface area contributed by atoms with Gasteiger partial charge >= 0.3 is 0 Å². The number of hydrogen-bond acceptors (Lipinski definition) is 5. The second-order valence-corrected chi connectivity index (χ2v) is 7.91. The van der Waals surface area contributed by atoms with Crippen LogP contribution < -0.4 is 15.5 Å². The first-order valence-electron chi connectivity index (χ1n) is 9.86. The van der Waals surface area contributed by atoms with E-state index >= 15 is 0 Å². The normalized spacial score (nSPS) is 16.8. The minimum atomic E-state index is -0.538. The van der Waals surface area contributed by atoms with Gasteiger partial charge in [-0.3, -0.25) is 0 Å². The number of nitrogens with zero attached hydrogens (tertiary/aromatic N) is 3. The van der Waals surface area contributed by atoms with Gasteiger partial charge in [0.05, 0.1) is 11.4 Å². The maximum Gasteiger partial charge on any atom is 0.236 e. The van der Waals surface area contributed by atoms with Gasteiger partial charge in [-0.2, -0.15) is 0 Å². The third-order valence-corrected chi connectivity index (χ3v) is 5.67. The monoisotopic (exact) mass is 431 g/mol. The predicted molar refractivity (Wildman–Crippen MR) is 115 cm³/mol. The minimum absolute atomic E-state index is 0.0285. The number of aromatic nitrogens is 1. The topological polar surface area (TPSA) is 65.7 Å². The summed E-state index contributed by atoms with van der Waals surface area (Å²) in [4.78, 5) is 11.8. The Morgan fingerprint density at radius 2 is 2.13 bits per heavy atom. The molecule has 30 heavy (non-hydrogen) atoms. The number of aliphatic imine (C=N–C) groups is 1. The van der Waals surface area contributed by atoms with Gasteiger partial charge in [0, 0.05) is 25.7 Å². The van der Waals surface area contributed by atoms with Crippen molar-refractivity contribution in [3.63, 3.8) is 0 Å². The summed E-state index contributed by atoms with van der Waals surface area (Å²) < 4.78 is 33.7. The molecule has 1 fully saturated rings. The molecule has 9 heteroatoms. The van der Waals surface area contributed by atoms with Gasteiger partial charge in [0.15, 0.2) is 5.96 Å². The smallest absolute Gasteiger partial charge is 0.236 e. The predicted octanol–water partition coefficient (Wildman–Crippen LogP) is 4.02. The van der Waals surface area contributed by atoms with E-state index in [1.165, 1.54) is 18.2 Å². The van der Waals surface area contributed by atoms with Gasteiger partial charge in [0.1, 0.15) is 29.3 Å². The first kappa shape index (κ1) is 20.3. The van der Waals surface area contributed by atoms with Crippen molar-refractivity contribution in [2.75, 3.05) is 24.5 Å². The fourth-order valence-electron chi connectivity index (χ4n) is 3.44. The molecule has 0 bridgehead atoms. The molecular formula is C21H23F2N5OS. The van der Waals surface area contributed by atoms with Gasteiger partial charge in [-0.25, -0.2) is 18.8 Å². The molecule has 0 saturated carbocycles. The first-order valence-corrected chi connectivity index (χ1v) is 10.7. The average Bonchev–Trinajstić information content (AvgIpc) is 3.48. The third kappa shape index (κ3) is 4.62. The van der Waals surface area contributed by atoms with Gasteiger partial charge in [-0.1, -0.05) is 12.1 Å². The number of thiophene rings is 1. The number of rotatable bonds is 6. The summed E-state index contributed by atoms with van der Waals surface area (Å²) in [5.74, 6) is 0.151. The van der Waals surface area contributed by atoms with E-state index in [2.05, 4.69) is 20.6 Å². The van der Waals surface area contributed by atoms with E-state index in [1.54, 1.807) is 22.5 Å². The van der Waals surface area contributed by atoms with E-state index < -0.39 is 11.6 Å². The number of benzene rings is 1. The van der Waals surface area contributed by atoms with Gasteiger partial charge in [-0.15, -0.1) is 11.3 Å². The average molecular weight is 432 g/mol. The Morgan fingerprint density at radius 1 is 1.30 bits per heavy atom. The van der Waals surface area contributed by atoms with E-state index in [9.17, 15) is 8.78 Å².